The quantitative estimate of drug-likeness (QED) is 0.685. The lowest BCUT2D eigenvalue weighted by molar-refractivity contribution is 0.261. The first kappa shape index (κ1) is 11.5. The van der Waals surface area contributed by atoms with E-state index in [0.29, 0.717) is 11.5 Å². The molecule has 0 spiro atoms. The maximum atomic E-state index is 2.60. The predicted molar refractivity (Wildman–Crippen MR) is 70.9 cm³/mol. The Morgan fingerprint density at radius 3 is 2.38 bits per heavy atom. The summed E-state index contributed by atoms with van der Waals surface area (Å²) in [6, 6.07) is 11.5. The first-order chi connectivity index (χ1) is 7.59. The highest BCUT2D eigenvalue weighted by Gasteiger charge is 2.32. The zero-order chi connectivity index (χ0) is 11.6. The molecular formula is C15H23N. The van der Waals surface area contributed by atoms with E-state index in [4.69, 9.17) is 0 Å². The normalized spacial score (nSPS) is 22.2. The maximum Gasteiger partial charge on any atom is 0.0368 e. The Hall–Kier alpha value is -0.980. The van der Waals surface area contributed by atoms with Crippen molar-refractivity contribution in [1.82, 2.24) is 0 Å². The van der Waals surface area contributed by atoms with E-state index in [-0.39, 0.29) is 0 Å². The summed E-state index contributed by atoms with van der Waals surface area (Å²) in [5, 5.41) is 0. The molecule has 0 aromatic heterocycles. The van der Waals surface area contributed by atoms with Gasteiger partial charge in [-0.15, -0.1) is 0 Å². The predicted octanol–water partition coefficient (Wildman–Crippen LogP) is 4.09. The smallest absolute Gasteiger partial charge is 0.0368 e. The molecule has 1 unspecified atom stereocenters. The first-order valence-electron chi connectivity index (χ1n) is 6.41. The lowest BCUT2D eigenvalue weighted by Crippen LogP contribution is -2.47. The van der Waals surface area contributed by atoms with Crippen LogP contribution in [-0.4, -0.2) is 12.6 Å². The van der Waals surface area contributed by atoms with E-state index in [1.807, 2.05) is 0 Å². The van der Waals surface area contributed by atoms with Crippen molar-refractivity contribution < 1.29 is 0 Å². The number of para-hydroxylation sites is 1. The summed E-state index contributed by atoms with van der Waals surface area (Å²) in [5.41, 5.74) is 1.76. The average molecular weight is 217 g/mol. The monoisotopic (exact) mass is 217 g/mol. The van der Waals surface area contributed by atoms with Gasteiger partial charge in [0.15, 0.2) is 0 Å². The molecule has 1 fully saturated rings. The van der Waals surface area contributed by atoms with Crippen molar-refractivity contribution in [2.75, 3.05) is 11.4 Å². The van der Waals surface area contributed by atoms with Crippen LogP contribution < -0.4 is 4.90 Å². The van der Waals surface area contributed by atoms with Gasteiger partial charge in [0, 0.05) is 18.3 Å². The topological polar surface area (TPSA) is 3.24 Å². The molecule has 1 aromatic rings. The van der Waals surface area contributed by atoms with E-state index >= 15 is 0 Å². The molecule has 88 valence electrons. The van der Waals surface area contributed by atoms with Gasteiger partial charge in [-0.2, -0.15) is 0 Å². The van der Waals surface area contributed by atoms with Crippen LogP contribution in [0.3, 0.4) is 0 Å². The van der Waals surface area contributed by atoms with Crippen molar-refractivity contribution in [3.8, 4) is 0 Å². The third-order valence-corrected chi connectivity index (χ3v) is 3.59. The lowest BCUT2D eigenvalue weighted by Gasteiger charge is -2.45. The van der Waals surface area contributed by atoms with Gasteiger partial charge < -0.3 is 4.90 Å². The molecular weight excluding hydrogens is 194 g/mol. The number of anilines is 1. The van der Waals surface area contributed by atoms with Crippen molar-refractivity contribution >= 4 is 5.69 Å². The van der Waals surface area contributed by atoms with E-state index in [2.05, 4.69) is 56.0 Å². The molecule has 2 rings (SSSR count). The third-order valence-electron chi connectivity index (χ3n) is 3.59. The highest BCUT2D eigenvalue weighted by atomic mass is 15.2. The Balaban J connectivity index is 2.24. The molecule has 0 amide bonds. The van der Waals surface area contributed by atoms with Crippen molar-refractivity contribution in [1.29, 1.82) is 0 Å². The van der Waals surface area contributed by atoms with Gasteiger partial charge in [0.05, 0.1) is 0 Å². The second kappa shape index (κ2) is 4.48. The zero-order valence-corrected chi connectivity index (χ0v) is 10.7. The summed E-state index contributed by atoms with van der Waals surface area (Å²) in [6.45, 7) is 8.29. The molecule has 1 saturated heterocycles. The minimum atomic E-state index is 0.371. The van der Waals surface area contributed by atoms with E-state index < -0.39 is 0 Å². The minimum absolute atomic E-state index is 0.371. The average Bonchev–Trinajstić information content (AvgIpc) is 2.29. The number of nitrogens with zero attached hydrogens (tertiary/aromatic N) is 1. The van der Waals surface area contributed by atoms with E-state index in [9.17, 15) is 0 Å². The molecule has 0 radical (unpaired) electrons. The van der Waals surface area contributed by atoms with E-state index in [1.54, 1.807) is 0 Å². The zero-order valence-electron chi connectivity index (χ0n) is 10.7. The number of benzene rings is 1. The highest BCUT2D eigenvalue weighted by molar-refractivity contribution is 5.47. The van der Waals surface area contributed by atoms with Crippen LogP contribution in [0.1, 0.15) is 40.0 Å². The van der Waals surface area contributed by atoms with Gasteiger partial charge >= 0.3 is 0 Å². The van der Waals surface area contributed by atoms with Crippen molar-refractivity contribution in [3.05, 3.63) is 30.3 Å². The van der Waals surface area contributed by atoms with Crippen LogP contribution in [0.25, 0.3) is 0 Å². The summed E-state index contributed by atoms with van der Waals surface area (Å²) < 4.78 is 0. The molecule has 1 atom stereocenters. The summed E-state index contributed by atoms with van der Waals surface area (Å²) in [7, 11) is 0. The van der Waals surface area contributed by atoms with Gasteiger partial charge in [0.1, 0.15) is 0 Å². The highest BCUT2D eigenvalue weighted by Crippen LogP contribution is 2.34. The van der Waals surface area contributed by atoms with Crippen LogP contribution in [0, 0.1) is 5.41 Å². The van der Waals surface area contributed by atoms with Gasteiger partial charge in [0.2, 0.25) is 0 Å². The Morgan fingerprint density at radius 2 is 1.75 bits per heavy atom. The summed E-state index contributed by atoms with van der Waals surface area (Å²) in [5.74, 6) is 0. The van der Waals surface area contributed by atoms with Crippen LogP contribution in [0.2, 0.25) is 0 Å². The SMILES string of the molecule is CC(C)(C)C1CCCCN1c1ccccc1. The van der Waals surface area contributed by atoms with Gasteiger partial charge in [0.25, 0.3) is 0 Å². The Morgan fingerprint density at radius 1 is 1.06 bits per heavy atom. The van der Waals surface area contributed by atoms with Gasteiger partial charge in [-0.25, -0.2) is 0 Å². The Kier molecular flexibility index (Phi) is 3.22. The van der Waals surface area contributed by atoms with Gasteiger partial charge in [-0.1, -0.05) is 39.0 Å². The second-order valence-electron chi connectivity index (χ2n) is 5.91. The van der Waals surface area contributed by atoms with Crippen LogP contribution in [0.15, 0.2) is 30.3 Å². The lowest BCUT2D eigenvalue weighted by atomic mass is 9.80. The van der Waals surface area contributed by atoms with E-state index in [1.165, 1.54) is 31.5 Å². The van der Waals surface area contributed by atoms with Crippen molar-refractivity contribution in [2.24, 2.45) is 5.41 Å². The van der Waals surface area contributed by atoms with Gasteiger partial charge in [-0.05, 0) is 36.8 Å². The number of rotatable bonds is 1. The summed E-state index contributed by atoms with van der Waals surface area (Å²) in [6.07, 6.45) is 4.05. The minimum Gasteiger partial charge on any atom is -0.368 e. The number of piperidine rings is 1. The van der Waals surface area contributed by atoms with Crippen LogP contribution in [-0.2, 0) is 0 Å². The molecule has 0 saturated carbocycles. The molecule has 1 aliphatic heterocycles. The van der Waals surface area contributed by atoms with Crippen LogP contribution in [0.4, 0.5) is 5.69 Å². The van der Waals surface area contributed by atoms with E-state index in [0.717, 1.165) is 0 Å². The third kappa shape index (κ3) is 2.40. The fraction of sp³-hybridized carbons (Fsp3) is 0.600. The Labute approximate surface area is 99.5 Å². The summed E-state index contributed by atoms with van der Waals surface area (Å²) in [4.78, 5) is 2.60. The van der Waals surface area contributed by atoms with Crippen LogP contribution >= 0.6 is 0 Å². The number of hydrogen-bond donors (Lipinski definition) is 0. The Bertz CT molecular complexity index is 323. The standard InChI is InChI=1S/C15H23N/c1-15(2,3)14-11-7-8-12-16(14)13-9-5-4-6-10-13/h4-6,9-10,14H,7-8,11-12H2,1-3H3. The second-order valence-corrected chi connectivity index (χ2v) is 5.91. The largest absolute Gasteiger partial charge is 0.368 e. The molecule has 1 heteroatoms. The molecule has 0 N–H and O–H groups in total. The fourth-order valence-corrected chi connectivity index (χ4v) is 2.76. The summed E-state index contributed by atoms with van der Waals surface area (Å²) >= 11 is 0. The molecule has 16 heavy (non-hydrogen) atoms. The number of hydrogen-bond acceptors (Lipinski definition) is 1. The maximum absolute atomic E-state index is 2.60. The van der Waals surface area contributed by atoms with Crippen LogP contribution in [0.5, 0.6) is 0 Å². The molecule has 1 aromatic carbocycles. The molecule has 0 aliphatic carbocycles. The molecule has 1 aliphatic rings. The van der Waals surface area contributed by atoms with Crippen molar-refractivity contribution in [3.63, 3.8) is 0 Å². The fourth-order valence-electron chi connectivity index (χ4n) is 2.76. The molecule has 0 bridgehead atoms. The first-order valence-corrected chi connectivity index (χ1v) is 6.41. The van der Waals surface area contributed by atoms with Crippen molar-refractivity contribution in [2.45, 2.75) is 46.1 Å². The molecule has 1 heterocycles. The molecule has 1 nitrogen and oxygen atoms in total. The van der Waals surface area contributed by atoms with Gasteiger partial charge in [-0.3, -0.25) is 0 Å².